The van der Waals surface area contributed by atoms with Crippen molar-refractivity contribution in [2.45, 2.75) is 50.9 Å². The van der Waals surface area contributed by atoms with Crippen LogP contribution in [0.15, 0.2) is 30.3 Å². The van der Waals surface area contributed by atoms with Gasteiger partial charge in [0.2, 0.25) is 0 Å². The van der Waals surface area contributed by atoms with Crippen LogP contribution in [-0.4, -0.2) is 45.2 Å². The van der Waals surface area contributed by atoms with Crippen LogP contribution in [-0.2, 0) is 15.0 Å². The van der Waals surface area contributed by atoms with Crippen molar-refractivity contribution in [2.75, 3.05) is 0 Å². The van der Waals surface area contributed by atoms with E-state index in [0.29, 0.717) is 12.0 Å². The minimum absolute atomic E-state index is 0. The zero-order chi connectivity index (χ0) is 15.0. The summed E-state index contributed by atoms with van der Waals surface area (Å²) in [6.07, 6.45) is 4.81. The lowest BCUT2D eigenvalue weighted by molar-refractivity contribution is -0.158. The smallest absolute Gasteiger partial charge is 0.325 e. The van der Waals surface area contributed by atoms with Crippen LogP contribution in [0.25, 0.3) is 0 Å². The lowest BCUT2D eigenvalue weighted by atomic mass is 9.76. The molecule has 5 heteroatoms. The third-order valence-electron chi connectivity index (χ3n) is 3.65. The highest BCUT2D eigenvalue weighted by molar-refractivity contribution is 6.04. The van der Waals surface area contributed by atoms with Crippen LogP contribution in [0.3, 0.4) is 0 Å². The molecule has 0 heterocycles. The Morgan fingerprint density at radius 2 is 1.48 bits per heavy atom. The van der Waals surface area contributed by atoms with Gasteiger partial charge in [0.05, 0.1) is 0 Å². The van der Waals surface area contributed by atoms with Gasteiger partial charge in [0.25, 0.3) is 0 Å². The standard InChI is InChI=1S/C16H22O4.Mg.2H/c1-2-3-4-5-9-12-16(14(17)18,15(19)20)13-10-7-6-8-11-13;;;/h6-8,10-11H,2-5,9,12H2,1H3,(H,17,18)(H,19,20);;;. The topological polar surface area (TPSA) is 74.6 Å². The zero-order valence-electron chi connectivity index (χ0n) is 11.8. The maximum absolute atomic E-state index is 11.6. The van der Waals surface area contributed by atoms with E-state index in [2.05, 4.69) is 6.92 Å². The van der Waals surface area contributed by atoms with E-state index in [1.54, 1.807) is 30.3 Å². The number of rotatable bonds is 9. The minimum Gasteiger partial charge on any atom is -0.480 e. The highest BCUT2D eigenvalue weighted by Gasteiger charge is 2.47. The molecule has 0 aliphatic carbocycles. The molecule has 0 atom stereocenters. The van der Waals surface area contributed by atoms with Crippen molar-refractivity contribution < 1.29 is 19.8 Å². The summed E-state index contributed by atoms with van der Waals surface area (Å²) < 4.78 is 0. The van der Waals surface area contributed by atoms with Crippen molar-refractivity contribution >= 4 is 35.0 Å². The molecule has 0 unspecified atom stereocenters. The molecule has 0 fully saturated rings. The van der Waals surface area contributed by atoms with Crippen LogP contribution in [0, 0.1) is 0 Å². The SMILES string of the molecule is CCCCCCCC(C(=O)O)(C(=O)O)c1ccccc1.[MgH2]. The summed E-state index contributed by atoms with van der Waals surface area (Å²) in [7, 11) is 0. The Bertz CT molecular complexity index is 431. The van der Waals surface area contributed by atoms with Gasteiger partial charge in [-0.05, 0) is 12.0 Å². The number of aliphatic carboxylic acids is 2. The molecule has 0 bridgehead atoms. The van der Waals surface area contributed by atoms with E-state index >= 15 is 0 Å². The number of carboxylic acids is 2. The van der Waals surface area contributed by atoms with E-state index in [4.69, 9.17) is 0 Å². The van der Waals surface area contributed by atoms with E-state index < -0.39 is 17.4 Å². The van der Waals surface area contributed by atoms with E-state index in [1.165, 1.54) is 0 Å². The minimum atomic E-state index is -1.83. The number of carboxylic acid groups (broad SMARTS) is 2. The number of benzene rings is 1. The first kappa shape index (κ1) is 19.9. The molecule has 1 aromatic rings. The first-order valence-electron chi connectivity index (χ1n) is 7.08. The van der Waals surface area contributed by atoms with Crippen molar-refractivity contribution in [1.29, 1.82) is 0 Å². The maximum Gasteiger partial charge on any atom is 0.325 e. The molecule has 0 saturated heterocycles. The second-order valence-electron chi connectivity index (χ2n) is 5.05. The Kier molecular flexibility index (Phi) is 9.29. The molecule has 114 valence electrons. The fourth-order valence-electron chi connectivity index (χ4n) is 2.41. The van der Waals surface area contributed by atoms with Gasteiger partial charge in [-0.15, -0.1) is 0 Å². The van der Waals surface area contributed by atoms with Crippen molar-refractivity contribution in [3.05, 3.63) is 35.9 Å². The van der Waals surface area contributed by atoms with Gasteiger partial charge < -0.3 is 10.2 Å². The van der Waals surface area contributed by atoms with Gasteiger partial charge in [-0.2, -0.15) is 0 Å². The third-order valence-corrected chi connectivity index (χ3v) is 3.65. The van der Waals surface area contributed by atoms with Crippen LogP contribution < -0.4 is 0 Å². The maximum atomic E-state index is 11.6. The van der Waals surface area contributed by atoms with Crippen LogP contribution in [0.2, 0.25) is 0 Å². The molecule has 1 aromatic carbocycles. The Morgan fingerprint density at radius 1 is 0.952 bits per heavy atom. The van der Waals surface area contributed by atoms with Crippen LogP contribution in [0.4, 0.5) is 0 Å². The summed E-state index contributed by atoms with van der Waals surface area (Å²) in [5.74, 6) is -2.57. The second-order valence-corrected chi connectivity index (χ2v) is 5.05. The number of hydrogen-bond donors (Lipinski definition) is 2. The van der Waals surface area contributed by atoms with Crippen molar-refractivity contribution in [3.63, 3.8) is 0 Å². The average Bonchev–Trinajstić information content (AvgIpc) is 2.43. The summed E-state index contributed by atoms with van der Waals surface area (Å²) in [5, 5.41) is 18.9. The van der Waals surface area contributed by atoms with E-state index in [1.807, 2.05) is 0 Å². The van der Waals surface area contributed by atoms with E-state index in [-0.39, 0.29) is 29.5 Å². The van der Waals surface area contributed by atoms with Gasteiger partial charge in [0, 0.05) is 0 Å². The zero-order valence-corrected chi connectivity index (χ0v) is 11.8. The summed E-state index contributed by atoms with van der Waals surface area (Å²) in [6.45, 7) is 2.10. The highest BCUT2D eigenvalue weighted by atomic mass is 24.3. The summed E-state index contributed by atoms with van der Waals surface area (Å²) in [4.78, 5) is 23.2. The molecule has 0 saturated carbocycles. The number of unbranched alkanes of at least 4 members (excludes halogenated alkanes) is 4. The summed E-state index contributed by atoms with van der Waals surface area (Å²) >= 11 is 0. The van der Waals surface area contributed by atoms with Gasteiger partial charge in [-0.25, -0.2) is 0 Å². The van der Waals surface area contributed by atoms with Crippen molar-refractivity contribution in [3.8, 4) is 0 Å². The first-order chi connectivity index (χ1) is 9.55. The Morgan fingerprint density at radius 3 is 1.95 bits per heavy atom. The molecule has 4 nitrogen and oxygen atoms in total. The summed E-state index contributed by atoms with van der Waals surface area (Å²) in [5.41, 5.74) is -1.48. The van der Waals surface area contributed by atoms with E-state index in [0.717, 1.165) is 25.7 Å². The monoisotopic (exact) mass is 304 g/mol. The fraction of sp³-hybridized carbons (Fsp3) is 0.500. The average molecular weight is 305 g/mol. The molecule has 0 amide bonds. The molecular formula is C16H24MgO4. The normalized spacial score (nSPS) is 10.7. The lowest BCUT2D eigenvalue weighted by Gasteiger charge is -2.25. The largest absolute Gasteiger partial charge is 0.480 e. The van der Waals surface area contributed by atoms with Gasteiger partial charge in [0.1, 0.15) is 0 Å². The third kappa shape index (κ3) is 5.00. The highest BCUT2D eigenvalue weighted by Crippen LogP contribution is 2.31. The molecule has 1 rings (SSSR count). The molecule has 2 N–H and O–H groups in total. The second kappa shape index (κ2) is 9.79. The number of carbonyl (C=O) groups is 2. The molecule has 0 spiro atoms. The first-order valence-corrected chi connectivity index (χ1v) is 7.08. The van der Waals surface area contributed by atoms with Crippen LogP contribution >= 0.6 is 0 Å². The fourth-order valence-corrected chi connectivity index (χ4v) is 2.41. The van der Waals surface area contributed by atoms with Gasteiger partial charge in [0.15, 0.2) is 5.41 Å². The summed E-state index contributed by atoms with van der Waals surface area (Å²) in [6, 6.07) is 8.25. The molecule has 21 heavy (non-hydrogen) atoms. The van der Waals surface area contributed by atoms with Crippen LogP contribution in [0.5, 0.6) is 0 Å². The predicted molar refractivity (Wildman–Crippen MR) is 85.3 cm³/mol. The lowest BCUT2D eigenvalue weighted by Crippen LogP contribution is -2.43. The van der Waals surface area contributed by atoms with Crippen molar-refractivity contribution in [2.24, 2.45) is 0 Å². The Labute approximate surface area is 141 Å². The van der Waals surface area contributed by atoms with E-state index in [9.17, 15) is 19.8 Å². The Hall–Kier alpha value is -1.07. The number of hydrogen-bond acceptors (Lipinski definition) is 2. The molecule has 0 radical (unpaired) electrons. The predicted octanol–water partition coefficient (Wildman–Crippen LogP) is 2.54. The Balaban J connectivity index is 0.00000400. The molecule has 0 aliphatic rings. The van der Waals surface area contributed by atoms with Gasteiger partial charge >= 0.3 is 35.0 Å². The molecule has 0 aliphatic heterocycles. The molecule has 0 aromatic heterocycles. The van der Waals surface area contributed by atoms with Crippen LogP contribution in [0.1, 0.15) is 51.0 Å². The van der Waals surface area contributed by atoms with Gasteiger partial charge in [-0.1, -0.05) is 69.4 Å². The molecular weight excluding hydrogens is 280 g/mol. The quantitative estimate of drug-likeness (QED) is 0.418. The van der Waals surface area contributed by atoms with Gasteiger partial charge in [-0.3, -0.25) is 9.59 Å². The van der Waals surface area contributed by atoms with Crippen molar-refractivity contribution in [1.82, 2.24) is 0 Å².